The van der Waals surface area contributed by atoms with E-state index < -0.39 is 5.82 Å². The standard InChI is InChI=1S/C15H18FN3O/c1-2-13(17)11-7-8-19(9-11)10-15(20)18-14-6-4-3-5-12(14)16/h3-9,13H,2,10,17H2,1H3,(H,18,20). The van der Waals surface area contributed by atoms with Gasteiger partial charge in [-0.05, 0) is 30.2 Å². The number of nitrogens with one attached hydrogen (secondary N) is 1. The van der Waals surface area contributed by atoms with Crippen molar-refractivity contribution in [2.24, 2.45) is 5.73 Å². The Hall–Kier alpha value is -2.14. The van der Waals surface area contributed by atoms with Crippen LogP contribution in [0.1, 0.15) is 24.9 Å². The molecule has 0 aliphatic rings. The first-order valence-electron chi connectivity index (χ1n) is 6.55. The van der Waals surface area contributed by atoms with Crippen LogP contribution in [0, 0.1) is 5.82 Å². The molecule has 20 heavy (non-hydrogen) atoms. The van der Waals surface area contributed by atoms with E-state index in [1.165, 1.54) is 12.1 Å². The van der Waals surface area contributed by atoms with Gasteiger partial charge in [0.25, 0.3) is 0 Å². The third-order valence-corrected chi connectivity index (χ3v) is 3.12. The number of rotatable bonds is 5. The number of aromatic nitrogens is 1. The Kier molecular flexibility index (Phi) is 4.53. The van der Waals surface area contributed by atoms with Crippen LogP contribution in [0.15, 0.2) is 42.7 Å². The summed E-state index contributed by atoms with van der Waals surface area (Å²) in [6, 6.07) is 7.96. The zero-order valence-corrected chi connectivity index (χ0v) is 11.3. The lowest BCUT2D eigenvalue weighted by atomic mass is 10.1. The summed E-state index contributed by atoms with van der Waals surface area (Å²) in [7, 11) is 0. The average Bonchev–Trinajstić information content (AvgIpc) is 2.89. The van der Waals surface area contributed by atoms with E-state index in [1.54, 1.807) is 22.9 Å². The summed E-state index contributed by atoms with van der Waals surface area (Å²) in [6.07, 6.45) is 4.48. The zero-order chi connectivity index (χ0) is 14.5. The highest BCUT2D eigenvalue weighted by Crippen LogP contribution is 2.15. The molecule has 0 saturated carbocycles. The molecule has 1 amide bonds. The molecule has 4 nitrogen and oxygen atoms in total. The zero-order valence-electron chi connectivity index (χ0n) is 11.3. The summed E-state index contributed by atoms with van der Waals surface area (Å²) in [5.41, 5.74) is 7.10. The fourth-order valence-corrected chi connectivity index (χ4v) is 1.93. The molecule has 0 spiro atoms. The van der Waals surface area contributed by atoms with E-state index in [0.717, 1.165) is 12.0 Å². The minimum absolute atomic E-state index is 0.0223. The van der Waals surface area contributed by atoms with Crippen LogP contribution >= 0.6 is 0 Å². The minimum atomic E-state index is -0.443. The molecule has 0 bridgehead atoms. The maximum atomic E-state index is 13.4. The average molecular weight is 275 g/mol. The predicted molar refractivity (Wildman–Crippen MR) is 76.7 cm³/mol. The summed E-state index contributed by atoms with van der Waals surface area (Å²) < 4.78 is 15.1. The largest absolute Gasteiger partial charge is 0.345 e. The highest BCUT2D eigenvalue weighted by atomic mass is 19.1. The monoisotopic (exact) mass is 275 g/mol. The number of para-hydroxylation sites is 1. The van der Waals surface area contributed by atoms with Crippen molar-refractivity contribution in [2.45, 2.75) is 25.9 Å². The molecule has 1 unspecified atom stereocenters. The van der Waals surface area contributed by atoms with Gasteiger partial charge in [0.2, 0.25) is 5.91 Å². The van der Waals surface area contributed by atoms with E-state index >= 15 is 0 Å². The van der Waals surface area contributed by atoms with E-state index in [4.69, 9.17) is 5.73 Å². The van der Waals surface area contributed by atoms with Crippen molar-refractivity contribution >= 4 is 11.6 Å². The van der Waals surface area contributed by atoms with Gasteiger partial charge in [0.1, 0.15) is 12.4 Å². The van der Waals surface area contributed by atoms with Crippen LogP contribution in [-0.2, 0) is 11.3 Å². The van der Waals surface area contributed by atoms with Crippen molar-refractivity contribution in [3.05, 3.63) is 54.1 Å². The Bertz CT molecular complexity index is 594. The van der Waals surface area contributed by atoms with Crippen LogP contribution in [0.5, 0.6) is 0 Å². The van der Waals surface area contributed by atoms with E-state index in [0.29, 0.717) is 0 Å². The smallest absolute Gasteiger partial charge is 0.244 e. The molecular formula is C15H18FN3O. The third kappa shape index (κ3) is 3.45. The van der Waals surface area contributed by atoms with Crippen LogP contribution in [0.25, 0.3) is 0 Å². The highest BCUT2D eigenvalue weighted by Gasteiger charge is 2.09. The van der Waals surface area contributed by atoms with Gasteiger partial charge < -0.3 is 15.6 Å². The number of carbonyl (C=O) groups excluding carboxylic acids is 1. The van der Waals surface area contributed by atoms with Crippen LogP contribution in [0.3, 0.4) is 0 Å². The fourth-order valence-electron chi connectivity index (χ4n) is 1.93. The third-order valence-electron chi connectivity index (χ3n) is 3.12. The van der Waals surface area contributed by atoms with Gasteiger partial charge in [0, 0.05) is 18.4 Å². The fraction of sp³-hybridized carbons (Fsp3) is 0.267. The molecule has 2 aromatic rings. The summed E-state index contributed by atoms with van der Waals surface area (Å²) in [5, 5.41) is 2.55. The molecule has 0 aliphatic heterocycles. The maximum absolute atomic E-state index is 13.4. The highest BCUT2D eigenvalue weighted by molar-refractivity contribution is 5.90. The molecule has 0 aliphatic carbocycles. The molecule has 1 atom stereocenters. The second-order valence-electron chi connectivity index (χ2n) is 4.66. The first-order valence-corrected chi connectivity index (χ1v) is 6.55. The minimum Gasteiger partial charge on any atom is -0.345 e. The molecule has 0 saturated heterocycles. The van der Waals surface area contributed by atoms with Gasteiger partial charge in [-0.25, -0.2) is 4.39 Å². The number of carbonyl (C=O) groups is 1. The molecular weight excluding hydrogens is 257 g/mol. The van der Waals surface area contributed by atoms with Gasteiger partial charge in [-0.15, -0.1) is 0 Å². The molecule has 1 aromatic carbocycles. The van der Waals surface area contributed by atoms with Crippen LogP contribution in [0.4, 0.5) is 10.1 Å². The second kappa shape index (κ2) is 6.34. The molecule has 106 valence electrons. The SMILES string of the molecule is CCC(N)c1ccn(CC(=O)Nc2ccccc2F)c1. The van der Waals surface area contributed by atoms with Crippen molar-refractivity contribution in [1.29, 1.82) is 0 Å². The number of halogens is 1. The Morgan fingerprint density at radius 2 is 2.15 bits per heavy atom. The number of nitrogens with two attached hydrogens (primary N) is 1. The number of nitrogens with zero attached hydrogens (tertiary/aromatic N) is 1. The van der Waals surface area contributed by atoms with E-state index in [-0.39, 0.29) is 24.2 Å². The van der Waals surface area contributed by atoms with Gasteiger partial charge in [-0.1, -0.05) is 19.1 Å². The van der Waals surface area contributed by atoms with Crippen molar-refractivity contribution in [3.63, 3.8) is 0 Å². The summed E-state index contributed by atoms with van der Waals surface area (Å²) in [5.74, 6) is -0.718. The topological polar surface area (TPSA) is 60.0 Å². The van der Waals surface area contributed by atoms with Crippen molar-refractivity contribution < 1.29 is 9.18 Å². The summed E-state index contributed by atoms with van der Waals surface area (Å²) in [4.78, 5) is 11.9. The Labute approximate surface area is 117 Å². The number of anilines is 1. The van der Waals surface area contributed by atoms with Gasteiger partial charge in [-0.3, -0.25) is 4.79 Å². The second-order valence-corrected chi connectivity index (χ2v) is 4.66. The Morgan fingerprint density at radius 1 is 1.40 bits per heavy atom. The van der Waals surface area contributed by atoms with Gasteiger partial charge >= 0.3 is 0 Å². The molecule has 1 heterocycles. The number of hydrogen-bond acceptors (Lipinski definition) is 2. The summed E-state index contributed by atoms with van der Waals surface area (Å²) in [6.45, 7) is 2.14. The van der Waals surface area contributed by atoms with E-state index in [9.17, 15) is 9.18 Å². The Balaban J connectivity index is 1.98. The molecule has 0 fully saturated rings. The van der Waals surface area contributed by atoms with Gasteiger partial charge in [0.15, 0.2) is 0 Å². The number of benzene rings is 1. The molecule has 2 rings (SSSR count). The Morgan fingerprint density at radius 3 is 2.85 bits per heavy atom. The van der Waals surface area contributed by atoms with Gasteiger partial charge in [-0.2, -0.15) is 0 Å². The van der Waals surface area contributed by atoms with Gasteiger partial charge in [0.05, 0.1) is 5.69 Å². The predicted octanol–water partition coefficient (Wildman–Crippen LogP) is 2.68. The first kappa shape index (κ1) is 14.3. The lowest BCUT2D eigenvalue weighted by Gasteiger charge is -2.07. The first-order chi connectivity index (χ1) is 9.60. The summed E-state index contributed by atoms with van der Waals surface area (Å²) >= 11 is 0. The molecule has 3 N–H and O–H groups in total. The lowest BCUT2D eigenvalue weighted by Crippen LogP contribution is -2.18. The normalized spacial score (nSPS) is 12.2. The maximum Gasteiger partial charge on any atom is 0.244 e. The number of hydrogen-bond donors (Lipinski definition) is 2. The van der Waals surface area contributed by atoms with Crippen LogP contribution in [-0.4, -0.2) is 10.5 Å². The van der Waals surface area contributed by atoms with Crippen LogP contribution < -0.4 is 11.1 Å². The van der Waals surface area contributed by atoms with E-state index in [2.05, 4.69) is 5.32 Å². The lowest BCUT2D eigenvalue weighted by molar-refractivity contribution is -0.116. The number of amides is 1. The van der Waals surface area contributed by atoms with E-state index in [1.807, 2.05) is 19.2 Å². The van der Waals surface area contributed by atoms with Crippen molar-refractivity contribution in [2.75, 3.05) is 5.32 Å². The van der Waals surface area contributed by atoms with Crippen molar-refractivity contribution in [1.82, 2.24) is 4.57 Å². The molecule has 1 aromatic heterocycles. The quantitative estimate of drug-likeness (QED) is 0.881. The van der Waals surface area contributed by atoms with Crippen LogP contribution in [0.2, 0.25) is 0 Å². The molecule has 5 heteroatoms. The molecule has 0 radical (unpaired) electrons. The van der Waals surface area contributed by atoms with Crippen molar-refractivity contribution in [3.8, 4) is 0 Å².